The first kappa shape index (κ1) is 12.7. The molecular weight excluding hydrogens is 240 g/mol. The molecule has 2 unspecified atom stereocenters. The predicted molar refractivity (Wildman–Crippen MR) is 66.1 cm³/mol. The lowest BCUT2D eigenvalue weighted by atomic mass is 10.1. The smallest absolute Gasteiger partial charge is 0.327 e. The third-order valence-corrected chi connectivity index (χ3v) is 4.46. The number of nitrogens with zero attached hydrogens (tertiary/aromatic N) is 2. The number of carboxylic acids is 1. The van der Waals surface area contributed by atoms with E-state index >= 15 is 0 Å². The molecule has 2 atom stereocenters. The Labute approximate surface area is 105 Å². The van der Waals surface area contributed by atoms with Crippen molar-refractivity contribution in [1.82, 2.24) is 9.80 Å². The summed E-state index contributed by atoms with van der Waals surface area (Å²) < 4.78 is 0. The van der Waals surface area contributed by atoms with E-state index in [0.29, 0.717) is 12.3 Å². The van der Waals surface area contributed by atoms with Crippen molar-refractivity contribution in [2.75, 3.05) is 38.2 Å². The van der Waals surface area contributed by atoms with E-state index in [1.807, 2.05) is 7.05 Å². The summed E-state index contributed by atoms with van der Waals surface area (Å²) in [6, 6.07) is -0.632. The van der Waals surface area contributed by atoms with Crippen molar-refractivity contribution in [1.29, 1.82) is 0 Å². The maximum Gasteiger partial charge on any atom is 0.327 e. The second-order valence-corrected chi connectivity index (χ2v) is 5.86. The Morgan fingerprint density at radius 2 is 2.12 bits per heavy atom. The lowest BCUT2D eigenvalue weighted by Gasteiger charge is -2.34. The number of hydrogen-bond donors (Lipinski definition) is 1. The van der Waals surface area contributed by atoms with Crippen LogP contribution in [0.15, 0.2) is 0 Å². The number of thioether (sulfide) groups is 1. The minimum Gasteiger partial charge on any atom is -0.480 e. The van der Waals surface area contributed by atoms with Crippen LogP contribution in [-0.4, -0.2) is 71.0 Å². The number of rotatable bonds is 2. The van der Waals surface area contributed by atoms with Gasteiger partial charge in [0.1, 0.15) is 6.04 Å². The van der Waals surface area contributed by atoms with Crippen LogP contribution in [0.3, 0.4) is 0 Å². The molecule has 17 heavy (non-hydrogen) atoms. The van der Waals surface area contributed by atoms with Gasteiger partial charge < -0.3 is 14.9 Å². The Kier molecular flexibility index (Phi) is 3.93. The van der Waals surface area contributed by atoms with Crippen LogP contribution in [0.4, 0.5) is 0 Å². The van der Waals surface area contributed by atoms with Gasteiger partial charge in [-0.25, -0.2) is 4.79 Å². The summed E-state index contributed by atoms with van der Waals surface area (Å²) in [5.74, 6) is 0.505. The summed E-state index contributed by atoms with van der Waals surface area (Å²) in [4.78, 5) is 27.1. The maximum absolute atomic E-state index is 12.3. The first-order valence-corrected chi connectivity index (χ1v) is 7.04. The fourth-order valence-corrected chi connectivity index (χ4v) is 3.48. The average molecular weight is 258 g/mol. The van der Waals surface area contributed by atoms with Crippen molar-refractivity contribution in [3.05, 3.63) is 0 Å². The average Bonchev–Trinajstić information content (AvgIpc) is 2.75. The van der Waals surface area contributed by atoms with Crippen molar-refractivity contribution in [2.45, 2.75) is 12.5 Å². The SMILES string of the molecule is CN1CCC(C(=O)N2CCSCC2C(=O)O)C1. The molecule has 2 saturated heterocycles. The lowest BCUT2D eigenvalue weighted by molar-refractivity contribution is -0.150. The second kappa shape index (κ2) is 5.27. The Hall–Kier alpha value is -0.750. The highest BCUT2D eigenvalue weighted by Crippen LogP contribution is 2.23. The molecular formula is C11H18N2O3S. The number of carbonyl (C=O) groups is 2. The molecule has 0 aliphatic carbocycles. The first-order valence-electron chi connectivity index (χ1n) is 5.89. The van der Waals surface area contributed by atoms with Gasteiger partial charge in [0.15, 0.2) is 0 Å². The van der Waals surface area contributed by atoms with Crippen molar-refractivity contribution in [2.24, 2.45) is 5.92 Å². The molecule has 1 N–H and O–H groups in total. The van der Waals surface area contributed by atoms with E-state index in [2.05, 4.69) is 4.90 Å². The summed E-state index contributed by atoms with van der Waals surface area (Å²) in [5.41, 5.74) is 0. The third kappa shape index (κ3) is 2.74. The maximum atomic E-state index is 12.3. The van der Waals surface area contributed by atoms with Crippen LogP contribution in [0, 0.1) is 5.92 Å². The molecule has 0 spiro atoms. The van der Waals surface area contributed by atoms with E-state index in [-0.39, 0.29) is 11.8 Å². The quantitative estimate of drug-likeness (QED) is 0.753. The Balaban J connectivity index is 2.03. The first-order chi connectivity index (χ1) is 8.09. The minimum absolute atomic E-state index is 0.00931. The van der Waals surface area contributed by atoms with Gasteiger partial charge in [-0.1, -0.05) is 0 Å². The molecule has 2 fully saturated rings. The van der Waals surface area contributed by atoms with Crippen LogP contribution in [0.1, 0.15) is 6.42 Å². The fourth-order valence-electron chi connectivity index (χ4n) is 2.44. The number of amides is 1. The molecule has 0 radical (unpaired) electrons. The zero-order valence-electron chi connectivity index (χ0n) is 9.96. The normalized spacial score (nSPS) is 30.5. The van der Waals surface area contributed by atoms with Crippen LogP contribution >= 0.6 is 11.8 Å². The molecule has 0 saturated carbocycles. The van der Waals surface area contributed by atoms with Gasteiger partial charge in [-0.3, -0.25) is 4.79 Å². The summed E-state index contributed by atoms with van der Waals surface area (Å²) in [7, 11) is 1.99. The molecule has 2 rings (SSSR count). The highest BCUT2D eigenvalue weighted by molar-refractivity contribution is 7.99. The van der Waals surface area contributed by atoms with Gasteiger partial charge in [-0.15, -0.1) is 0 Å². The third-order valence-electron chi connectivity index (χ3n) is 3.44. The number of carboxylic acid groups (broad SMARTS) is 1. The number of aliphatic carboxylic acids is 1. The lowest BCUT2D eigenvalue weighted by Crippen LogP contribution is -2.52. The topological polar surface area (TPSA) is 60.9 Å². The summed E-state index contributed by atoms with van der Waals surface area (Å²) in [6.45, 7) is 2.26. The van der Waals surface area contributed by atoms with Crippen molar-refractivity contribution in [3.63, 3.8) is 0 Å². The molecule has 0 aromatic rings. The number of likely N-dealkylation sites (tertiary alicyclic amines) is 1. The fraction of sp³-hybridized carbons (Fsp3) is 0.818. The standard InChI is InChI=1S/C11H18N2O3S/c1-12-3-2-8(6-12)10(14)13-4-5-17-7-9(13)11(15)16/h8-9H,2-7H2,1H3,(H,15,16). The zero-order chi connectivity index (χ0) is 12.4. The summed E-state index contributed by atoms with van der Waals surface area (Å²) >= 11 is 1.61. The van der Waals surface area contributed by atoms with E-state index < -0.39 is 12.0 Å². The van der Waals surface area contributed by atoms with Crippen molar-refractivity contribution < 1.29 is 14.7 Å². The second-order valence-electron chi connectivity index (χ2n) is 4.71. The molecule has 96 valence electrons. The number of hydrogen-bond acceptors (Lipinski definition) is 4. The Morgan fingerprint density at radius 3 is 2.71 bits per heavy atom. The van der Waals surface area contributed by atoms with Gasteiger partial charge in [0, 0.05) is 24.6 Å². The number of carbonyl (C=O) groups excluding carboxylic acids is 1. The van der Waals surface area contributed by atoms with Crippen LogP contribution < -0.4 is 0 Å². The summed E-state index contributed by atoms with van der Waals surface area (Å²) in [5, 5.41) is 9.13. The molecule has 0 bridgehead atoms. The molecule has 5 nitrogen and oxygen atoms in total. The minimum atomic E-state index is -0.878. The zero-order valence-corrected chi connectivity index (χ0v) is 10.8. The Bertz CT molecular complexity index is 324. The molecule has 1 amide bonds. The molecule has 0 aromatic heterocycles. The van der Waals surface area contributed by atoms with E-state index in [1.165, 1.54) is 0 Å². The van der Waals surface area contributed by atoms with E-state index in [4.69, 9.17) is 5.11 Å². The van der Waals surface area contributed by atoms with E-state index in [1.54, 1.807) is 16.7 Å². The van der Waals surface area contributed by atoms with Crippen LogP contribution in [-0.2, 0) is 9.59 Å². The van der Waals surface area contributed by atoms with Crippen molar-refractivity contribution >= 4 is 23.6 Å². The van der Waals surface area contributed by atoms with Gasteiger partial charge in [-0.05, 0) is 20.0 Å². The van der Waals surface area contributed by atoms with Gasteiger partial charge in [0.2, 0.25) is 5.91 Å². The van der Waals surface area contributed by atoms with Crippen LogP contribution in [0.2, 0.25) is 0 Å². The van der Waals surface area contributed by atoms with Gasteiger partial charge in [-0.2, -0.15) is 11.8 Å². The highest BCUT2D eigenvalue weighted by Gasteiger charge is 2.37. The predicted octanol–water partition coefficient (Wildman–Crippen LogP) is -0.0333. The largest absolute Gasteiger partial charge is 0.480 e. The van der Waals surface area contributed by atoms with E-state index in [0.717, 1.165) is 25.3 Å². The van der Waals surface area contributed by atoms with E-state index in [9.17, 15) is 9.59 Å². The molecule has 2 aliphatic rings. The molecule has 0 aromatic carbocycles. The van der Waals surface area contributed by atoms with Gasteiger partial charge >= 0.3 is 5.97 Å². The molecule has 2 heterocycles. The summed E-state index contributed by atoms with van der Waals surface area (Å²) in [6.07, 6.45) is 0.852. The van der Waals surface area contributed by atoms with Crippen molar-refractivity contribution in [3.8, 4) is 0 Å². The van der Waals surface area contributed by atoms with Crippen LogP contribution in [0.25, 0.3) is 0 Å². The van der Waals surface area contributed by atoms with Gasteiger partial charge in [0.25, 0.3) is 0 Å². The highest BCUT2D eigenvalue weighted by atomic mass is 32.2. The monoisotopic (exact) mass is 258 g/mol. The van der Waals surface area contributed by atoms with Gasteiger partial charge in [0.05, 0.1) is 5.92 Å². The van der Waals surface area contributed by atoms with Crippen LogP contribution in [0.5, 0.6) is 0 Å². The molecule has 2 aliphatic heterocycles. The molecule has 6 heteroatoms. The Morgan fingerprint density at radius 1 is 1.35 bits per heavy atom.